The Kier molecular flexibility index (Phi) is 4.51. The van der Waals surface area contributed by atoms with E-state index in [1.807, 2.05) is 0 Å². The molecule has 0 bridgehead atoms. The van der Waals surface area contributed by atoms with Gasteiger partial charge in [0.1, 0.15) is 11.9 Å². The molecule has 19 heavy (non-hydrogen) atoms. The van der Waals surface area contributed by atoms with Crippen LogP contribution in [0.4, 0.5) is 0 Å². The molecule has 0 saturated heterocycles. The summed E-state index contributed by atoms with van der Waals surface area (Å²) < 4.78 is 5.75. The first-order valence-electron chi connectivity index (χ1n) is 7.49. The third-order valence-electron chi connectivity index (χ3n) is 3.90. The van der Waals surface area contributed by atoms with E-state index in [0.29, 0.717) is 11.5 Å². The van der Waals surface area contributed by atoms with Gasteiger partial charge in [0, 0.05) is 13.0 Å². The molecule has 1 aliphatic rings. The van der Waals surface area contributed by atoms with Crippen molar-refractivity contribution >= 4 is 0 Å². The molecule has 1 aromatic carbocycles. The molecule has 0 amide bonds. The molecular weight excluding hydrogens is 234 g/mol. The second kappa shape index (κ2) is 5.96. The summed E-state index contributed by atoms with van der Waals surface area (Å²) in [6, 6.07) is 6.70. The molecule has 1 aliphatic heterocycles. The number of nitrogens with one attached hydrogen (secondary N) is 1. The van der Waals surface area contributed by atoms with Crippen molar-refractivity contribution in [3.8, 4) is 5.75 Å². The zero-order valence-electron chi connectivity index (χ0n) is 12.8. The van der Waals surface area contributed by atoms with Gasteiger partial charge < -0.3 is 10.1 Å². The monoisotopic (exact) mass is 261 g/mol. The largest absolute Gasteiger partial charge is 0.490 e. The SMILES string of the molecule is CCNCC(C)(C)CCc1ccc2c(c1)CC(C)O2. The van der Waals surface area contributed by atoms with Crippen LogP contribution in [0, 0.1) is 5.41 Å². The lowest BCUT2D eigenvalue weighted by atomic mass is 9.86. The van der Waals surface area contributed by atoms with Crippen LogP contribution >= 0.6 is 0 Å². The van der Waals surface area contributed by atoms with Gasteiger partial charge in [-0.25, -0.2) is 0 Å². The van der Waals surface area contributed by atoms with Crippen molar-refractivity contribution in [2.45, 2.75) is 53.1 Å². The van der Waals surface area contributed by atoms with Crippen LogP contribution in [0.2, 0.25) is 0 Å². The molecule has 1 unspecified atom stereocenters. The minimum atomic E-state index is 0.343. The lowest BCUT2D eigenvalue weighted by Gasteiger charge is -2.25. The molecule has 0 saturated carbocycles. The van der Waals surface area contributed by atoms with E-state index in [4.69, 9.17) is 4.74 Å². The van der Waals surface area contributed by atoms with Gasteiger partial charge >= 0.3 is 0 Å². The number of hydrogen-bond donors (Lipinski definition) is 1. The minimum Gasteiger partial charge on any atom is -0.490 e. The van der Waals surface area contributed by atoms with Crippen molar-refractivity contribution in [2.75, 3.05) is 13.1 Å². The Balaban J connectivity index is 1.92. The van der Waals surface area contributed by atoms with E-state index in [-0.39, 0.29) is 0 Å². The molecular formula is C17H27NO. The van der Waals surface area contributed by atoms with E-state index in [9.17, 15) is 0 Å². The summed E-state index contributed by atoms with van der Waals surface area (Å²) >= 11 is 0. The molecule has 0 radical (unpaired) electrons. The molecule has 1 aromatic rings. The van der Waals surface area contributed by atoms with Gasteiger partial charge in [0.2, 0.25) is 0 Å². The maximum Gasteiger partial charge on any atom is 0.123 e. The fourth-order valence-electron chi connectivity index (χ4n) is 2.67. The predicted molar refractivity (Wildman–Crippen MR) is 80.9 cm³/mol. The molecule has 0 aromatic heterocycles. The summed E-state index contributed by atoms with van der Waals surface area (Å²) in [6.45, 7) is 11.1. The Morgan fingerprint density at radius 3 is 2.89 bits per heavy atom. The first-order valence-corrected chi connectivity index (χ1v) is 7.49. The van der Waals surface area contributed by atoms with Crippen molar-refractivity contribution < 1.29 is 4.74 Å². The molecule has 0 fully saturated rings. The summed E-state index contributed by atoms with van der Waals surface area (Å²) in [5.74, 6) is 1.09. The molecule has 0 aliphatic carbocycles. The van der Waals surface area contributed by atoms with Crippen LogP contribution < -0.4 is 10.1 Å². The highest BCUT2D eigenvalue weighted by Gasteiger charge is 2.20. The van der Waals surface area contributed by atoms with Crippen LogP contribution in [0.1, 0.15) is 45.2 Å². The van der Waals surface area contributed by atoms with Crippen molar-refractivity contribution in [1.82, 2.24) is 5.32 Å². The Bertz CT molecular complexity index is 425. The zero-order chi connectivity index (χ0) is 13.9. The minimum absolute atomic E-state index is 0.343. The number of hydrogen-bond acceptors (Lipinski definition) is 2. The van der Waals surface area contributed by atoms with Gasteiger partial charge in [-0.3, -0.25) is 0 Å². The molecule has 1 N–H and O–H groups in total. The van der Waals surface area contributed by atoms with Gasteiger partial charge in [-0.15, -0.1) is 0 Å². The number of rotatable bonds is 6. The van der Waals surface area contributed by atoms with E-state index in [1.165, 1.54) is 17.5 Å². The first-order chi connectivity index (χ1) is 9.00. The van der Waals surface area contributed by atoms with Crippen molar-refractivity contribution in [3.63, 3.8) is 0 Å². The Hall–Kier alpha value is -1.02. The summed E-state index contributed by atoms with van der Waals surface area (Å²) in [6.07, 6.45) is 3.77. The van der Waals surface area contributed by atoms with Crippen LogP contribution in [0.5, 0.6) is 5.75 Å². The number of aryl methyl sites for hydroxylation is 1. The lowest BCUT2D eigenvalue weighted by Crippen LogP contribution is -2.29. The average molecular weight is 261 g/mol. The molecule has 0 spiro atoms. The fourth-order valence-corrected chi connectivity index (χ4v) is 2.67. The summed E-state index contributed by atoms with van der Waals surface area (Å²) in [4.78, 5) is 0. The highest BCUT2D eigenvalue weighted by Crippen LogP contribution is 2.30. The van der Waals surface area contributed by atoms with Gasteiger partial charge in [0.25, 0.3) is 0 Å². The fraction of sp³-hybridized carbons (Fsp3) is 0.647. The predicted octanol–water partition coefficient (Wildman–Crippen LogP) is 3.58. The van der Waals surface area contributed by atoms with Crippen LogP contribution in [0.3, 0.4) is 0 Å². The quantitative estimate of drug-likeness (QED) is 0.845. The van der Waals surface area contributed by atoms with E-state index in [2.05, 4.69) is 51.2 Å². The normalized spacial score (nSPS) is 18.2. The Morgan fingerprint density at radius 1 is 1.37 bits per heavy atom. The smallest absolute Gasteiger partial charge is 0.123 e. The third kappa shape index (κ3) is 3.97. The van der Waals surface area contributed by atoms with Crippen molar-refractivity contribution in [3.05, 3.63) is 29.3 Å². The zero-order valence-corrected chi connectivity index (χ0v) is 12.8. The Morgan fingerprint density at radius 2 is 2.16 bits per heavy atom. The van der Waals surface area contributed by atoms with Gasteiger partial charge in [-0.1, -0.05) is 32.9 Å². The second-order valence-electron chi connectivity index (χ2n) is 6.52. The first kappa shape index (κ1) is 14.4. The molecule has 2 heteroatoms. The highest BCUT2D eigenvalue weighted by molar-refractivity contribution is 5.40. The standard InChI is InChI=1S/C17H27NO/c1-5-18-12-17(3,4)9-8-14-6-7-16-15(11-14)10-13(2)19-16/h6-7,11,13,18H,5,8-10,12H2,1-4H3. The van der Waals surface area contributed by atoms with Crippen LogP contribution in [-0.2, 0) is 12.8 Å². The number of benzene rings is 1. The van der Waals surface area contributed by atoms with Crippen LogP contribution in [-0.4, -0.2) is 19.2 Å². The molecule has 1 atom stereocenters. The molecule has 1 heterocycles. The average Bonchev–Trinajstić information content (AvgIpc) is 2.73. The second-order valence-corrected chi connectivity index (χ2v) is 6.52. The van der Waals surface area contributed by atoms with E-state index < -0.39 is 0 Å². The molecule has 2 rings (SSSR count). The highest BCUT2D eigenvalue weighted by atomic mass is 16.5. The summed E-state index contributed by atoms with van der Waals surface area (Å²) in [5, 5.41) is 3.45. The maximum absolute atomic E-state index is 5.75. The van der Waals surface area contributed by atoms with Crippen molar-refractivity contribution in [2.24, 2.45) is 5.41 Å². The maximum atomic E-state index is 5.75. The van der Waals surface area contributed by atoms with Gasteiger partial charge in [-0.2, -0.15) is 0 Å². The molecule has 106 valence electrons. The van der Waals surface area contributed by atoms with Crippen LogP contribution in [0.15, 0.2) is 18.2 Å². The van der Waals surface area contributed by atoms with E-state index >= 15 is 0 Å². The van der Waals surface area contributed by atoms with E-state index in [0.717, 1.165) is 31.7 Å². The summed E-state index contributed by atoms with van der Waals surface area (Å²) in [5.41, 5.74) is 3.19. The Labute approximate surface area is 117 Å². The summed E-state index contributed by atoms with van der Waals surface area (Å²) in [7, 11) is 0. The van der Waals surface area contributed by atoms with Gasteiger partial charge in [0.15, 0.2) is 0 Å². The topological polar surface area (TPSA) is 21.3 Å². The molecule has 2 nitrogen and oxygen atoms in total. The number of fused-ring (bicyclic) bond motifs is 1. The van der Waals surface area contributed by atoms with Gasteiger partial charge in [-0.05, 0) is 48.9 Å². The van der Waals surface area contributed by atoms with Crippen molar-refractivity contribution in [1.29, 1.82) is 0 Å². The van der Waals surface area contributed by atoms with Gasteiger partial charge in [0.05, 0.1) is 0 Å². The third-order valence-corrected chi connectivity index (χ3v) is 3.90. The lowest BCUT2D eigenvalue weighted by molar-refractivity contribution is 0.254. The number of ether oxygens (including phenoxy) is 1. The van der Waals surface area contributed by atoms with Crippen LogP contribution in [0.25, 0.3) is 0 Å². The van der Waals surface area contributed by atoms with E-state index in [1.54, 1.807) is 0 Å².